The first-order valence-corrected chi connectivity index (χ1v) is 8.10. The van der Waals surface area contributed by atoms with E-state index in [1.165, 1.54) is 35.2 Å². The minimum Gasteiger partial charge on any atom is -0.359 e. The molecule has 0 radical (unpaired) electrons. The molecular formula is C15H11FN2OS2. The van der Waals surface area contributed by atoms with E-state index in [-0.39, 0.29) is 11.6 Å². The number of thioether (sulfide) groups is 1. The van der Waals surface area contributed by atoms with Gasteiger partial charge in [0.1, 0.15) is 5.82 Å². The molecule has 3 rings (SSSR count). The molecule has 3 nitrogen and oxygen atoms in total. The molecule has 0 aliphatic carbocycles. The van der Waals surface area contributed by atoms with E-state index < -0.39 is 0 Å². The van der Waals surface area contributed by atoms with Crippen LogP contribution >= 0.6 is 23.1 Å². The zero-order valence-corrected chi connectivity index (χ0v) is 12.5. The zero-order chi connectivity index (χ0) is 14.7. The lowest BCUT2D eigenvalue weighted by Crippen LogP contribution is -2.02. The van der Waals surface area contributed by atoms with Gasteiger partial charge in [0.25, 0.3) is 0 Å². The Balaban J connectivity index is 1.65. The van der Waals surface area contributed by atoms with Crippen molar-refractivity contribution in [1.82, 2.24) is 9.97 Å². The van der Waals surface area contributed by atoms with Crippen molar-refractivity contribution in [3.63, 3.8) is 0 Å². The van der Waals surface area contributed by atoms with Crippen LogP contribution in [0.2, 0.25) is 0 Å². The third kappa shape index (κ3) is 3.40. The molecular weight excluding hydrogens is 307 g/mol. The summed E-state index contributed by atoms with van der Waals surface area (Å²) in [4.78, 5) is 19.2. The number of ketones is 1. The maximum atomic E-state index is 12.9. The third-order valence-electron chi connectivity index (χ3n) is 2.85. The van der Waals surface area contributed by atoms with Crippen LogP contribution in [0.5, 0.6) is 0 Å². The molecule has 0 saturated heterocycles. The van der Waals surface area contributed by atoms with Crippen molar-refractivity contribution < 1.29 is 9.18 Å². The predicted molar refractivity (Wildman–Crippen MR) is 83.4 cm³/mol. The molecule has 0 aliphatic rings. The van der Waals surface area contributed by atoms with Gasteiger partial charge in [0.15, 0.2) is 10.1 Å². The number of nitrogens with one attached hydrogen (secondary N) is 1. The zero-order valence-electron chi connectivity index (χ0n) is 10.9. The Morgan fingerprint density at radius 3 is 2.81 bits per heavy atom. The Morgan fingerprint density at radius 1 is 1.29 bits per heavy atom. The van der Waals surface area contributed by atoms with Gasteiger partial charge < -0.3 is 4.98 Å². The molecule has 2 heterocycles. The van der Waals surface area contributed by atoms with Gasteiger partial charge in [-0.15, -0.1) is 11.3 Å². The summed E-state index contributed by atoms with van der Waals surface area (Å²) in [6.07, 6.45) is 1.73. The molecule has 6 heteroatoms. The quantitative estimate of drug-likeness (QED) is 0.565. The van der Waals surface area contributed by atoms with Crippen LogP contribution in [-0.4, -0.2) is 21.5 Å². The smallest absolute Gasteiger partial charge is 0.189 e. The van der Waals surface area contributed by atoms with E-state index in [4.69, 9.17) is 0 Å². The Kier molecular flexibility index (Phi) is 4.17. The van der Waals surface area contributed by atoms with E-state index in [2.05, 4.69) is 9.97 Å². The highest BCUT2D eigenvalue weighted by Crippen LogP contribution is 2.28. The van der Waals surface area contributed by atoms with Crippen LogP contribution in [0.25, 0.3) is 11.3 Å². The van der Waals surface area contributed by atoms with Crippen LogP contribution in [-0.2, 0) is 0 Å². The number of aromatic nitrogens is 2. The van der Waals surface area contributed by atoms with Crippen molar-refractivity contribution in [3.8, 4) is 11.3 Å². The number of carbonyl (C=O) groups excluding carboxylic acids is 1. The van der Waals surface area contributed by atoms with Gasteiger partial charge in [-0.2, -0.15) is 0 Å². The molecule has 0 unspecified atom stereocenters. The largest absolute Gasteiger partial charge is 0.359 e. The van der Waals surface area contributed by atoms with Crippen LogP contribution in [0, 0.1) is 5.82 Å². The van der Waals surface area contributed by atoms with E-state index in [9.17, 15) is 9.18 Å². The molecule has 0 atom stereocenters. The first-order valence-electron chi connectivity index (χ1n) is 6.23. The van der Waals surface area contributed by atoms with Crippen molar-refractivity contribution in [2.45, 2.75) is 4.34 Å². The average Bonchev–Trinajstić information content (AvgIpc) is 3.17. The van der Waals surface area contributed by atoms with Crippen molar-refractivity contribution in [3.05, 3.63) is 59.5 Å². The van der Waals surface area contributed by atoms with Crippen molar-refractivity contribution in [2.24, 2.45) is 0 Å². The van der Waals surface area contributed by atoms with Crippen molar-refractivity contribution in [2.75, 3.05) is 5.75 Å². The fourth-order valence-corrected chi connectivity index (χ4v) is 3.50. The van der Waals surface area contributed by atoms with E-state index in [1.807, 2.05) is 5.38 Å². The molecule has 0 spiro atoms. The number of nitrogens with zero attached hydrogens (tertiary/aromatic N) is 1. The fourth-order valence-electron chi connectivity index (χ4n) is 1.79. The van der Waals surface area contributed by atoms with Gasteiger partial charge in [-0.05, 0) is 36.4 Å². The second-order valence-electron chi connectivity index (χ2n) is 4.30. The molecule has 0 saturated carbocycles. The first-order chi connectivity index (χ1) is 10.2. The highest BCUT2D eigenvalue weighted by Gasteiger charge is 2.10. The summed E-state index contributed by atoms with van der Waals surface area (Å²) in [5, 5.41) is 1.91. The molecule has 2 aromatic heterocycles. The van der Waals surface area contributed by atoms with Crippen LogP contribution < -0.4 is 0 Å². The number of carbonyl (C=O) groups is 1. The second kappa shape index (κ2) is 6.24. The van der Waals surface area contributed by atoms with Gasteiger partial charge in [-0.1, -0.05) is 11.8 Å². The summed E-state index contributed by atoms with van der Waals surface area (Å²) in [7, 11) is 0. The number of hydrogen-bond donors (Lipinski definition) is 1. The lowest BCUT2D eigenvalue weighted by Gasteiger charge is -1.97. The maximum Gasteiger partial charge on any atom is 0.189 e. The van der Waals surface area contributed by atoms with E-state index in [1.54, 1.807) is 30.5 Å². The van der Waals surface area contributed by atoms with Gasteiger partial charge in [0, 0.05) is 17.1 Å². The van der Waals surface area contributed by atoms with Gasteiger partial charge >= 0.3 is 0 Å². The van der Waals surface area contributed by atoms with E-state index in [0.717, 1.165) is 15.6 Å². The number of hydrogen-bond acceptors (Lipinski definition) is 4. The van der Waals surface area contributed by atoms with Gasteiger partial charge in [0.05, 0.1) is 17.1 Å². The van der Waals surface area contributed by atoms with Gasteiger partial charge in [-0.3, -0.25) is 4.79 Å². The van der Waals surface area contributed by atoms with Crippen molar-refractivity contribution >= 4 is 28.9 Å². The lowest BCUT2D eigenvalue weighted by atomic mass is 10.2. The van der Waals surface area contributed by atoms with E-state index >= 15 is 0 Å². The first kappa shape index (κ1) is 14.0. The standard InChI is InChI=1S/C15H11FN2OS2/c16-11-5-3-10(4-6-11)13-8-20-15(18-13)21-9-14(19)12-2-1-7-17-12/h1-8,17H,9H2. The minimum atomic E-state index is -0.264. The van der Waals surface area contributed by atoms with E-state index in [0.29, 0.717) is 11.4 Å². The SMILES string of the molecule is O=C(CSc1nc(-c2ccc(F)cc2)cs1)c1ccc[nH]1. The monoisotopic (exact) mass is 318 g/mol. The van der Waals surface area contributed by atoms with Crippen LogP contribution in [0.15, 0.2) is 52.3 Å². The third-order valence-corrected chi connectivity index (χ3v) is 4.87. The molecule has 1 aromatic carbocycles. The number of Topliss-reactive ketones (excluding diaryl/α,β-unsaturated/α-hetero) is 1. The molecule has 0 aliphatic heterocycles. The highest BCUT2D eigenvalue weighted by atomic mass is 32.2. The summed E-state index contributed by atoms with van der Waals surface area (Å²) < 4.78 is 13.7. The molecule has 0 amide bonds. The minimum absolute atomic E-state index is 0.0449. The van der Waals surface area contributed by atoms with Gasteiger partial charge in [-0.25, -0.2) is 9.37 Å². The number of thiazole rings is 1. The summed E-state index contributed by atoms with van der Waals surface area (Å²) in [5.41, 5.74) is 2.28. The number of benzene rings is 1. The molecule has 3 aromatic rings. The Labute approximate surface area is 129 Å². The molecule has 1 N–H and O–H groups in total. The lowest BCUT2D eigenvalue weighted by molar-refractivity contribution is 0.101. The normalized spacial score (nSPS) is 10.7. The molecule has 106 valence electrons. The summed E-state index contributed by atoms with van der Waals surface area (Å²) in [6.45, 7) is 0. The summed E-state index contributed by atoms with van der Waals surface area (Å²) in [6, 6.07) is 9.78. The van der Waals surface area contributed by atoms with Crippen LogP contribution in [0.4, 0.5) is 4.39 Å². The fraction of sp³-hybridized carbons (Fsp3) is 0.0667. The second-order valence-corrected chi connectivity index (χ2v) is 6.38. The summed E-state index contributed by atoms with van der Waals surface area (Å²) >= 11 is 2.89. The van der Waals surface area contributed by atoms with Crippen LogP contribution in [0.1, 0.15) is 10.5 Å². The maximum absolute atomic E-state index is 12.9. The predicted octanol–water partition coefficient (Wildman–Crippen LogP) is 4.25. The molecule has 0 bridgehead atoms. The number of rotatable bonds is 5. The highest BCUT2D eigenvalue weighted by molar-refractivity contribution is 8.01. The Morgan fingerprint density at radius 2 is 2.10 bits per heavy atom. The molecule has 21 heavy (non-hydrogen) atoms. The Hall–Kier alpha value is -1.92. The number of aromatic amines is 1. The van der Waals surface area contributed by atoms with Crippen LogP contribution in [0.3, 0.4) is 0 Å². The topological polar surface area (TPSA) is 45.8 Å². The van der Waals surface area contributed by atoms with Gasteiger partial charge in [0.2, 0.25) is 0 Å². The number of halogens is 1. The average molecular weight is 318 g/mol. The summed E-state index contributed by atoms with van der Waals surface area (Å²) in [5.74, 6) is 0.125. The molecule has 0 fully saturated rings. The Bertz CT molecular complexity index is 735. The number of H-pyrrole nitrogens is 1. The van der Waals surface area contributed by atoms with Crippen molar-refractivity contribution in [1.29, 1.82) is 0 Å².